The molecule has 18 nitrogen and oxygen atoms in total. The standard InChI is InChI=1S/C59H68F2N10O8/c1-3-41-44(60)7-5-36-25-40(73)27-42(49(36)41)51-50(61)52-43(30-62-51)53(69-22-14-39(72)31-69)65-55(64-52)79-33-59-15-4-19-70(59)37(11-16-59)32-78-57(77)68-23-17-58(18-24-68)28-38(29-58)67-20-12-34(13-21-67)35-6-8-45-47(26-35)66(2)56(76)71(45)46-9-10-48(74)63-54(46)75/h5-8,25-27,30,34,37-39,46,72-73H,3-4,9-24,28-29,31-33H2,1-2H3,(H,63,74,75)/t37-,39+,46?,59-/m0/s1. The number of piperidine rings is 3. The first-order valence-corrected chi connectivity index (χ1v) is 28.5. The van der Waals surface area contributed by atoms with Crippen molar-refractivity contribution in [1.82, 2.24) is 44.1 Å². The molecule has 3 N–H and O–H groups in total. The number of hydrogen-bond donors (Lipinski definition) is 3. The maximum absolute atomic E-state index is 17.1. The number of likely N-dealkylation sites (tertiary alicyclic amines) is 2. The Kier molecular flexibility index (Phi) is 13.1. The number of nitrogens with one attached hydrogen (secondary N) is 1. The molecule has 6 aliphatic heterocycles. The lowest BCUT2D eigenvalue weighted by Gasteiger charge is -2.56. The summed E-state index contributed by atoms with van der Waals surface area (Å²) < 4.78 is 48.1. The summed E-state index contributed by atoms with van der Waals surface area (Å²) in [5.74, 6) is -1.25. The summed E-state index contributed by atoms with van der Waals surface area (Å²) in [5, 5.41) is 25.0. The first-order chi connectivity index (χ1) is 38.2. The summed E-state index contributed by atoms with van der Waals surface area (Å²) in [6, 6.07) is 11.9. The Morgan fingerprint density at radius 2 is 1.71 bits per heavy atom. The Labute approximate surface area is 455 Å². The molecule has 3 aromatic carbocycles. The van der Waals surface area contributed by atoms with Gasteiger partial charge in [-0.3, -0.25) is 33.9 Å². The van der Waals surface area contributed by atoms with Gasteiger partial charge in [-0.15, -0.1) is 0 Å². The molecule has 9 heterocycles. The van der Waals surface area contributed by atoms with Gasteiger partial charge in [-0.25, -0.2) is 18.4 Å². The van der Waals surface area contributed by atoms with Crippen LogP contribution in [0.3, 0.4) is 0 Å². The Bertz CT molecular complexity index is 3490. The molecule has 416 valence electrons. The van der Waals surface area contributed by atoms with Crippen LogP contribution in [0.2, 0.25) is 0 Å². The number of imide groups is 1. The number of aryl methyl sites for hydroxylation is 2. The lowest BCUT2D eigenvalue weighted by Crippen LogP contribution is -2.56. The number of pyridine rings is 1. The van der Waals surface area contributed by atoms with Gasteiger partial charge in [0.25, 0.3) is 0 Å². The van der Waals surface area contributed by atoms with Gasteiger partial charge in [0.05, 0.1) is 28.1 Å². The number of imidazole rings is 1. The number of aromatic hydroxyl groups is 1. The largest absolute Gasteiger partial charge is 0.508 e. The average molecular weight is 1080 g/mol. The molecule has 1 aliphatic carbocycles. The lowest BCUT2D eigenvalue weighted by molar-refractivity contribution is -0.135. The Hall–Kier alpha value is -6.77. The molecular formula is C59H68F2N10O8. The van der Waals surface area contributed by atoms with Crippen molar-refractivity contribution in [3.8, 4) is 23.0 Å². The van der Waals surface area contributed by atoms with Gasteiger partial charge in [-0.1, -0.05) is 19.1 Å². The van der Waals surface area contributed by atoms with Crippen LogP contribution in [0.4, 0.5) is 19.4 Å². The van der Waals surface area contributed by atoms with Crippen molar-refractivity contribution in [2.75, 3.05) is 63.9 Å². The number of carbonyl (C=O) groups excluding carboxylic acids is 3. The van der Waals surface area contributed by atoms with Crippen molar-refractivity contribution in [2.45, 2.75) is 133 Å². The van der Waals surface area contributed by atoms with Crippen LogP contribution < -0.4 is 20.6 Å². The van der Waals surface area contributed by atoms with Crippen molar-refractivity contribution in [3.05, 3.63) is 81.9 Å². The molecule has 1 saturated carbocycles. The second-order valence-electron chi connectivity index (χ2n) is 23.7. The molecule has 7 fully saturated rings. The zero-order chi connectivity index (χ0) is 54.5. The molecule has 0 bridgehead atoms. The van der Waals surface area contributed by atoms with E-state index in [1.807, 2.05) is 22.8 Å². The minimum absolute atomic E-state index is 0.00855. The highest BCUT2D eigenvalue weighted by Gasteiger charge is 2.52. The predicted molar refractivity (Wildman–Crippen MR) is 291 cm³/mol. The molecule has 3 amide bonds. The van der Waals surface area contributed by atoms with Gasteiger partial charge in [0, 0.05) is 63.5 Å². The van der Waals surface area contributed by atoms with E-state index >= 15 is 8.78 Å². The number of phenols is 1. The number of rotatable bonds is 11. The predicted octanol–water partition coefficient (Wildman–Crippen LogP) is 7.23. The van der Waals surface area contributed by atoms with E-state index in [-0.39, 0.29) is 82.9 Å². The fraction of sp³-hybridized carbons (Fsp3) is 0.542. The number of β-amino-alcohol motifs (C(OH)–C–C–N with tert-alkyl or cyclic N) is 1. The van der Waals surface area contributed by atoms with E-state index < -0.39 is 29.7 Å². The topological polar surface area (TPSA) is 201 Å². The van der Waals surface area contributed by atoms with Crippen molar-refractivity contribution in [3.63, 3.8) is 0 Å². The third-order valence-corrected chi connectivity index (χ3v) is 19.3. The number of anilines is 1. The monoisotopic (exact) mass is 1080 g/mol. The van der Waals surface area contributed by atoms with E-state index in [0.29, 0.717) is 90.5 Å². The molecule has 79 heavy (non-hydrogen) atoms. The first kappa shape index (κ1) is 51.7. The number of carbonyl (C=O) groups is 3. The maximum atomic E-state index is 17.1. The number of aromatic nitrogens is 5. The molecule has 0 radical (unpaired) electrons. The Morgan fingerprint density at radius 3 is 2.47 bits per heavy atom. The summed E-state index contributed by atoms with van der Waals surface area (Å²) >= 11 is 0. The van der Waals surface area contributed by atoms with Crippen LogP contribution in [0.15, 0.2) is 53.5 Å². The van der Waals surface area contributed by atoms with Crippen LogP contribution in [0, 0.1) is 17.0 Å². The summed E-state index contributed by atoms with van der Waals surface area (Å²) in [5.41, 5.74) is 2.89. The number of phenolic OH excluding ortho intramolecular Hbond substituents is 1. The van der Waals surface area contributed by atoms with Gasteiger partial charge in [-0.05, 0) is 167 Å². The van der Waals surface area contributed by atoms with Crippen LogP contribution in [0.5, 0.6) is 11.8 Å². The third kappa shape index (κ3) is 9.05. The zero-order valence-electron chi connectivity index (χ0n) is 44.9. The first-order valence-electron chi connectivity index (χ1n) is 28.5. The number of aliphatic hydroxyl groups is 1. The van der Waals surface area contributed by atoms with Crippen molar-refractivity contribution in [2.24, 2.45) is 12.5 Å². The fourth-order valence-corrected chi connectivity index (χ4v) is 15.0. The summed E-state index contributed by atoms with van der Waals surface area (Å²) in [6.45, 7) is 7.35. The van der Waals surface area contributed by atoms with E-state index in [4.69, 9.17) is 14.5 Å². The third-order valence-electron chi connectivity index (χ3n) is 19.3. The number of benzene rings is 3. The highest BCUT2D eigenvalue weighted by molar-refractivity contribution is 6.02. The second-order valence-corrected chi connectivity index (χ2v) is 23.7. The number of aliphatic hydroxyl groups excluding tert-OH is 1. The SMILES string of the molecule is CCc1c(F)ccc2cc(O)cc(-c3ncc4c(N5CC[C@@H](O)C5)nc(OC[C@@]56CCCN5[C@H](COC(=O)N5CCC7(CC5)CC(N5CCC(c8ccc9c(c8)n(C)c(=O)n9C8CCC(=O)NC8=O)CC5)C7)CC6)nc4c3F)c12. The minimum Gasteiger partial charge on any atom is -0.508 e. The molecule has 1 unspecified atom stereocenters. The highest BCUT2D eigenvalue weighted by atomic mass is 19.1. The van der Waals surface area contributed by atoms with Gasteiger partial charge >= 0.3 is 17.8 Å². The molecule has 7 aliphatic rings. The number of halogens is 2. The van der Waals surface area contributed by atoms with Crippen LogP contribution in [0.25, 0.3) is 44.0 Å². The summed E-state index contributed by atoms with van der Waals surface area (Å²) in [7, 11) is 1.74. The highest BCUT2D eigenvalue weighted by Crippen LogP contribution is 2.52. The van der Waals surface area contributed by atoms with Crippen molar-refractivity contribution >= 4 is 56.4 Å². The van der Waals surface area contributed by atoms with Gasteiger partial charge < -0.3 is 34.4 Å². The molecule has 20 heteroatoms. The fourth-order valence-electron chi connectivity index (χ4n) is 15.0. The molecule has 3 aromatic heterocycles. The van der Waals surface area contributed by atoms with Crippen molar-refractivity contribution < 1.29 is 42.9 Å². The summed E-state index contributed by atoms with van der Waals surface area (Å²) in [6.07, 6.45) is 11.8. The average Bonchev–Trinajstić information content (AvgIpc) is 4.42. The number of hydrogen-bond acceptors (Lipinski definition) is 14. The van der Waals surface area contributed by atoms with E-state index in [0.717, 1.165) is 89.4 Å². The molecular weight excluding hydrogens is 1010 g/mol. The van der Waals surface area contributed by atoms with Crippen molar-refractivity contribution in [1.29, 1.82) is 0 Å². The van der Waals surface area contributed by atoms with E-state index in [1.165, 1.54) is 34.5 Å². The van der Waals surface area contributed by atoms with Gasteiger partial charge in [-0.2, -0.15) is 9.97 Å². The van der Waals surface area contributed by atoms with Crippen LogP contribution >= 0.6 is 0 Å². The molecule has 6 aromatic rings. The quantitative estimate of drug-likeness (QED) is 0.110. The Morgan fingerprint density at radius 1 is 0.899 bits per heavy atom. The maximum Gasteiger partial charge on any atom is 0.409 e. The molecule has 1 spiro atoms. The lowest BCUT2D eigenvalue weighted by atomic mass is 9.59. The van der Waals surface area contributed by atoms with E-state index in [9.17, 15) is 29.4 Å². The normalized spacial score (nSPS) is 25.0. The van der Waals surface area contributed by atoms with Crippen LogP contribution in [-0.2, 0) is 27.8 Å². The van der Waals surface area contributed by atoms with Gasteiger partial charge in [0.15, 0.2) is 5.82 Å². The van der Waals surface area contributed by atoms with Gasteiger partial charge in [0.2, 0.25) is 11.8 Å². The molecule has 13 rings (SSSR count). The van der Waals surface area contributed by atoms with Gasteiger partial charge in [0.1, 0.15) is 47.9 Å². The van der Waals surface area contributed by atoms with Crippen LogP contribution in [-0.4, -0.2) is 150 Å². The molecule has 4 atom stereocenters. The number of nitrogens with zero attached hydrogens (tertiary/aromatic N) is 9. The van der Waals surface area contributed by atoms with E-state index in [1.54, 1.807) is 17.7 Å². The Balaban J connectivity index is 0.615. The second kappa shape index (κ2) is 20.1. The molecule has 6 saturated heterocycles. The zero-order valence-corrected chi connectivity index (χ0v) is 44.9. The smallest absolute Gasteiger partial charge is 0.409 e. The van der Waals surface area contributed by atoms with Crippen LogP contribution in [0.1, 0.15) is 113 Å². The minimum atomic E-state index is -0.756. The number of ether oxygens (including phenoxy) is 2. The number of amides is 3. The number of fused-ring (bicyclic) bond motifs is 4. The summed E-state index contributed by atoms with van der Waals surface area (Å²) in [4.78, 5) is 74.4. The van der Waals surface area contributed by atoms with E-state index in [2.05, 4.69) is 37.2 Å².